The molecular weight excluding hydrogens is 582 g/mol. The molecule has 0 unspecified atom stereocenters. The Kier molecular flexibility index (Phi) is 9.57. The highest BCUT2D eigenvalue weighted by Crippen LogP contribution is 2.46. The van der Waals surface area contributed by atoms with E-state index in [0.29, 0.717) is 28.0 Å². The number of aliphatic hydroxyl groups excluding tert-OH is 2. The number of phenols is 1. The van der Waals surface area contributed by atoms with Crippen LogP contribution in [0.5, 0.6) is 5.75 Å². The summed E-state index contributed by atoms with van der Waals surface area (Å²) >= 11 is 3.44. The second-order valence-electron chi connectivity index (χ2n) is 9.89. The number of carbonyl (C=O) groups is 3. The number of phenolic OH excluding ortho intramolecular Hbond substituents is 1. The number of likely N-dealkylation sites (tertiary alicyclic amines) is 1. The standard InChI is InChI=1S/C30H32BrNO8/c1-39-16-20-14-22-27(29(37)32(28(22)36)30(38)40-2)23(15-33)26(20)25(35)10-8-18(17-6-4-3-5-7-17)12-19-13-21(31)9-11-24(19)34/h3-7,9,11-13,22-23,25,27,33-35H,8,10,14-16H2,1-2H3/b18-12-/t22-,23+,25-,27-/m1/s1. The van der Waals surface area contributed by atoms with Gasteiger partial charge in [-0.2, -0.15) is 4.90 Å². The van der Waals surface area contributed by atoms with Gasteiger partial charge in [0.15, 0.2) is 0 Å². The average molecular weight is 614 g/mol. The number of allylic oxidation sites excluding steroid dienone is 1. The van der Waals surface area contributed by atoms with Crippen molar-refractivity contribution in [1.29, 1.82) is 0 Å². The Morgan fingerprint density at radius 3 is 2.52 bits per heavy atom. The Labute approximate surface area is 240 Å². The molecule has 0 spiro atoms. The van der Waals surface area contributed by atoms with Gasteiger partial charge in [0, 0.05) is 23.1 Å². The predicted molar refractivity (Wildman–Crippen MR) is 151 cm³/mol. The van der Waals surface area contributed by atoms with Gasteiger partial charge in [0.1, 0.15) is 5.75 Å². The molecule has 1 saturated heterocycles. The Morgan fingerprint density at radius 2 is 1.88 bits per heavy atom. The van der Waals surface area contributed by atoms with Gasteiger partial charge in [-0.1, -0.05) is 46.3 Å². The molecule has 9 nitrogen and oxygen atoms in total. The van der Waals surface area contributed by atoms with Crippen molar-refractivity contribution in [2.24, 2.45) is 17.8 Å². The van der Waals surface area contributed by atoms with Crippen LogP contribution in [-0.2, 0) is 19.1 Å². The molecule has 4 atom stereocenters. The van der Waals surface area contributed by atoms with Gasteiger partial charge in [0.25, 0.3) is 0 Å². The molecule has 4 rings (SSSR count). The van der Waals surface area contributed by atoms with Crippen LogP contribution in [-0.4, -0.2) is 71.7 Å². The van der Waals surface area contributed by atoms with Crippen molar-refractivity contribution in [2.75, 3.05) is 27.4 Å². The predicted octanol–water partition coefficient (Wildman–Crippen LogP) is 4.16. The second kappa shape index (κ2) is 12.9. The van der Waals surface area contributed by atoms with E-state index in [9.17, 15) is 29.7 Å². The molecule has 1 aliphatic carbocycles. The first-order chi connectivity index (χ1) is 19.2. The number of nitrogens with zero attached hydrogens (tertiary/aromatic N) is 1. The quantitative estimate of drug-likeness (QED) is 0.218. The van der Waals surface area contributed by atoms with Crippen molar-refractivity contribution in [3.8, 4) is 5.75 Å². The van der Waals surface area contributed by atoms with Crippen LogP contribution in [0.1, 0.15) is 30.4 Å². The Morgan fingerprint density at radius 1 is 1.15 bits per heavy atom. The molecule has 0 aromatic heterocycles. The van der Waals surface area contributed by atoms with Gasteiger partial charge in [-0.3, -0.25) is 9.59 Å². The number of fused-ring (bicyclic) bond motifs is 1. The number of aliphatic hydroxyl groups is 2. The lowest BCUT2D eigenvalue weighted by Crippen LogP contribution is -2.40. The van der Waals surface area contributed by atoms with E-state index in [1.54, 1.807) is 18.2 Å². The topological polar surface area (TPSA) is 134 Å². The summed E-state index contributed by atoms with van der Waals surface area (Å²) in [5.41, 5.74) is 3.45. The van der Waals surface area contributed by atoms with Crippen LogP contribution < -0.4 is 0 Å². The number of amides is 3. The number of ether oxygens (including phenoxy) is 2. The average Bonchev–Trinajstić information content (AvgIpc) is 3.21. The maximum atomic E-state index is 13.2. The zero-order valence-electron chi connectivity index (χ0n) is 22.2. The lowest BCUT2D eigenvalue weighted by atomic mass is 9.68. The molecule has 10 heteroatoms. The number of aromatic hydroxyl groups is 1. The first kappa shape index (κ1) is 29.7. The van der Waals surface area contributed by atoms with Crippen LogP contribution in [0, 0.1) is 17.8 Å². The minimum Gasteiger partial charge on any atom is -0.507 e. The third-order valence-electron chi connectivity index (χ3n) is 7.57. The zero-order valence-corrected chi connectivity index (χ0v) is 23.8. The molecule has 212 valence electrons. The van der Waals surface area contributed by atoms with Gasteiger partial charge in [-0.05, 0) is 65.8 Å². The van der Waals surface area contributed by atoms with Crippen molar-refractivity contribution in [3.63, 3.8) is 0 Å². The molecule has 2 aromatic rings. The lowest BCUT2D eigenvalue weighted by molar-refractivity contribution is -0.137. The third kappa shape index (κ3) is 5.90. The molecule has 2 aliphatic rings. The van der Waals surface area contributed by atoms with Crippen molar-refractivity contribution in [3.05, 3.63) is 75.3 Å². The lowest BCUT2D eigenvalue weighted by Gasteiger charge is -2.36. The molecule has 3 amide bonds. The molecule has 0 saturated carbocycles. The third-order valence-corrected chi connectivity index (χ3v) is 8.06. The number of hydrogen-bond acceptors (Lipinski definition) is 8. The van der Waals surface area contributed by atoms with Crippen LogP contribution in [0.25, 0.3) is 11.6 Å². The Bertz CT molecular complexity index is 1340. The van der Waals surface area contributed by atoms with Gasteiger partial charge in [0.05, 0.1) is 38.3 Å². The first-order valence-corrected chi connectivity index (χ1v) is 13.7. The molecule has 3 N–H and O–H groups in total. The fourth-order valence-corrected chi connectivity index (χ4v) is 6.14. The van der Waals surface area contributed by atoms with Crippen LogP contribution in [0.15, 0.2) is 64.1 Å². The van der Waals surface area contributed by atoms with Crippen molar-refractivity contribution in [2.45, 2.75) is 25.4 Å². The van der Waals surface area contributed by atoms with Crippen molar-refractivity contribution >= 4 is 45.5 Å². The van der Waals surface area contributed by atoms with E-state index in [1.807, 2.05) is 36.4 Å². The van der Waals surface area contributed by atoms with Gasteiger partial charge in [-0.25, -0.2) is 4.79 Å². The van der Waals surface area contributed by atoms with E-state index >= 15 is 0 Å². The molecular formula is C30H32BrNO8. The van der Waals surface area contributed by atoms with E-state index < -0.39 is 48.4 Å². The molecule has 1 aliphatic heterocycles. The van der Waals surface area contributed by atoms with Gasteiger partial charge < -0.3 is 24.8 Å². The fraction of sp³-hybridized carbons (Fsp3) is 0.367. The zero-order chi connectivity index (χ0) is 29.0. The number of methoxy groups -OCH3 is 2. The highest BCUT2D eigenvalue weighted by atomic mass is 79.9. The highest BCUT2D eigenvalue weighted by molar-refractivity contribution is 9.10. The van der Waals surface area contributed by atoms with E-state index in [2.05, 4.69) is 20.7 Å². The monoisotopic (exact) mass is 613 g/mol. The number of benzene rings is 2. The SMILES string of the molecule is COCC1=C([C@H](O)CC/C(=C/c2cc(Br)ccc2O)c2ccccc2)[C@H](CO)[C@@H]2C(=O)N(C(=O)OC)C(=O)[C@@H]2C1. The van der Waals surface area contributed by atoms with Crippen molar-refractivity contribution in [1.82, 2.24) is 4.90 Å². The fourth-order valence-electron chi connectivity index (χ4n) is 5.77. The molecule has 0 radical (unpaired) electrons. The molecule has 1 fully saturated rings. The van der Waals surface area contributed by atoms with Crippen LogP contribution in [0.3, 0.4) is 0 Å². The van der Waals surface area contributed by atoms with E-state index in [0.717, 1.165) is 22.7 Å². The number of halogens is 1. The van der Waals surface area contributed by atoms with Crippen LogP contribution in [0.2, 0.25) is 0 Å². The van der Waals surface area contributed by atoms with Gasteiger partial charge in [0.2, 0.25) is 11.8 Å². The maximum absolute atomic E-state index is 13.2. The summed E-state index contributed by atoms with van der Waals surface area (Å²) in [5.74, 6) is -4.03. The second-order valence-corrected chi connectivity index (χ2v) is 10.8. The minimum absolute atomic E-state index is 0.0963. The summed E-state index contributed by atoms with van der Waals surface area (Å²) in [6, 6.07) is 14.7. The Balaban J connectivity index is 1.67. The summed E-state index contributed by atoms with van der Waals surface area (Å²) < 4.78 is 10.8. The van der Waals surface area contributed by atoms with Crippen LogP contribution in [0.4, 0.5) is 4.79 Å². The number of rotatable bonds is 9. The number of hydrogen-bond donors (Lipinski definition) is 3. The Hall–Kier alpha value is -3.31. The van der Waals surface area contributed by atoms with E-state index in [-0.39, 0.29) is 25.2 Å². The number of imide groups is 3. The van der Waals surface area contributed by atoms with Crippen molar-refractivity contribution < 1.29 is 39.2 Å². The normalized spacial score (nSPS) is 22.0. The van der Waals surface area contributed by atoms with Crippen LogP contribution >= 0.6 is 15.9 Å². The summed E-state index contributed by atoms with van der Waals surface area (Å²) in [4.78, 5) is 38.9. The van der Waals surface area contributed by atoms with E-state index in [1.165, 1.54) is 7.11 Å². The summed E-state index contributed by atoms with van der Waals surface area (Å²) in [5, 5.41) is 32.3. The molecule has 0 bridgehead atoms. The molecule has 40 heavy (non-hydrogen) atoms. The smallest absolute Gasteiger partial charge is 0.423 e. The maximum Gasteiger partial charge on any atom is 0.423 e. The van der Waals surface area contributed by atoms with Gasteiger partial charge in [-0.15, -0.1) is 0 Å². The first-order valence-electron chi connectivity index (χ1n) is 12.9. The molecule has 1 heterocycles. The summed E-state index contributed by atoms with van der Waals surface area (Å²) in [6.45, 7) is -0.402. The minimum atomic E-state index is -1.07. The summed E-state index contributed by atoms with van der Waals surface area (Å²) in [6.07, 6.45) is 0.475. The summed E-state index contributed by atoms with van der Waals surface area (Å²) in [7, 11) is 2.57. The molecule has 2 aromatic carbocycles. The largest absolute Gasteiger partial charge is 0.507 e. The van der Waals surface area contributed by atoms with Gasteiger partial charge >= 0.3 is 6.09 Å². The van der Waals surface area contributed by atoms with E-state index in [4.69, 9.17) is 4.74 Å². The number of carbonyl (C=O) groups excluding carboxylic acids is 3. The highest BCUT2D eigenvalue weighted by Gasteiger charge is 2.57.